The van der Waals surface area contributed by atoms with Gasteiger partial charge in [-0.3, -0.25) is 0 Å². The second-order valence-corrected chi connectivity index (χ2v) is 8.81. The first-order valence-electron chi connectivity index (χ1n) is 12.5. The summed E-state index contributed by atoms with van der Waals surface area (Å²) >= 11 is 0. The molecule has 0 unspecified atom stereocenters. The summed E-state index contributed by atoms with van der Waals surface area (Å²) in [5, 5.41) is 48.1. The highest BCUT2D eigenvalue weighted by atomic mass is 16.5. The van der Waals surface area contributed by atoms with Crippen molar-refractivity contribution in [3.8, 4) is 17.1 Å². The lowest BCUT2D eigenvalue weighted by Crippen LogP contribution is -2.36. The minimum absolute atomic E-state index is 0.112. The zero-order valence-corrected chi connectivity index (χ0v) is 22.6. The topological polar surface area (TPSA) is 230 Å². The highest BCUT2D eigenvalue weighted by Crippen LogP contribution is 2.25. The van der Waals surface area contributed by atoms with E-state index in [9.17, 15) is 34.5 Å². The summed E-state index contributed by atoms with van der Waals surface area (Å²) in [6.45, 7) is 0. The number of carboxylic acids is 4. The van der Waals surface area contributed by atoms with Gasteiger partial charge in [0.15, 0.2) is 5.82 Å². The number of methoxy groups -OCH3 is 1. The van der Waals surface area contributed by atoms with Gasteiger partial charge in [0.2, 0.25) is 11.9 Å². The number of nitrogens with zero attached hydrogens (tertiary/aromatic N) is 3. The molecule has 14 nitrogen and oxygen atoms in total. The van der Waals surface area contributed by atoms with Gasteiger partial charge < -0.3 is 50.2 Å². The first-order chi connectivity index (χ1) is 21.0. The lowest BCUT2D eigenvalue weighted by molar-refractivity contribution is -0.312. The minimum atomic E-state index is -1.88. The van der Waals surface area contributed by atoms with Crippen LogP contribution < -0.4 is 30.7 Å². The molecule has 44 heavy (non-hydrogen) atoms. The van der Waals surface area contributed by atoms with Crippen molar-refractivity contribution in [2.24, 2.45) is 0 Å². The van der Waals surface area contributed by atoms with E-state index in [-0.39, 0.29) is 23.3 Å². The molecule has 0 aliphatic rings. The molecule has 0 radical (unpaired) electrons. The molecule has 0 atom stereocenters. The molecule has 222 valence electrons. The van der Waals surface area contributed by atoms with Crippen LogP contribution in [-0.4, -0.2) is 51.0 Å². The molecule has 3 N–H and O–H groups in total. The third-order valence-corrected chi connectivity index (χ3v) is 5.83. The summed E-state index contributed by atoms with van der Waals surface area (Å²) in [5.41, 5.74) is 0.252. The Balaban J connectivity index is 1.64. The number of nitrogens with one attached hydrogen (secondary N) is 2. The van der Waals surface area contributed by atoms with Gasteiger partial charge in [-0.25, -0.2) is 4.79 Å². The van der Waals surface area contributed by atoms with Gasteiger partial charge in [-0.1, -0.05) is 24.3 Å². The van der Waals surface area contributed by atoms with E-state index in [0.29, 0.717) is 28.3 Å². The number of carbonyl (C=O) groups is 4. The predicted octanol–water partition coefficient (Wildman–Crippen LogP) is 0.136. The fraction of sp³-hybridized carbons (Fsp3) is 0.0333. The first kappa shape index (κ1) is 30.4. The van der Waals surface area contributed by atoms with Crippen LogP contribution in [0.5, 0.6) is 5.75 Å². The van der Waals surface area contributed by atoms with E-state index in [2.05, 4.69) is 25.6 Å². The monoisotopic (exact) mass is 594 g/mol. The maximum absolute atomic E-state index is 11.1. The fourth-order valence-corrected chi connectivity index (χ4v) is 3.68. The van der Waals surface area contributed by atoms with E-state index < -0.39 is 35.0 Å². The van der Waals surface area contributed by atoms with Crippen molar-refractivity contribution in [1.82, 2.24) is 15.0 Å². The van der Waals surface area contributed by atoms with Crippen LogP contribution in [0.4, 0.5) is 23.3 Å². The van der Waals surface area contributed by atoms with Gasteiger partial charge in [0.25, 0.3) is 0 Å². The Morgan fingerprint density at radius 3 is 1.48 bits per heavy atom. The van der Waals surface area contributed by atoms with Crippen LogP contribution in [0.1, 0.15) is 11.1 Å². The second-order valence-electron chi connectivity index (χ2n) is 8.81. The molecule has 0 aliphatic heterocycles. The van der Waals surface area contributed by atoms with Crippen molar-refractivity contribution in [3.05, 3.63) is 95.1 Å². The third-order valence-electron chi connectivity index (χ3n) is 5.83. The van der Waals surface area contributed by atoms with E-state index in [1.807, 2.05) is 0 Å². The number of anilines is 4. The third kappa shape index (κ3) is 7.79. The Morgan fingerprint density at radius 1 is 0.659 bits per heavy atom. The highest BCUT2D eigenvalue weighted by Gasteiger charge is 2.12. The largest absolute Gasteiger partial charge is 0.545 e. The van der Waals surface area contributed by atoms with E-state index in [0.717, 1.165) is 12.2 Å². The van der Waals surface area contributed by atoms with Crippen molar-refractivity contribution >= 4 is 59.3 Å². The molecule has 0 saturated carbocycles. The number of carbonyl (C=O) groups excluding carboxylic acids is 3. The van der Waals surface area contributed by atoms with Crippen molar-refractivity contribution in [2.45, 2.75) is 0 Å². The number of aliphatic carboxylic acids is 4. The lowest BCUT2D eigenvalue weighted by atomic mass is 10.1. The summed E-state index contributed by atoms with van der Waals surface area (Å²) in [4.78, 5) is 57.5. The molecule has 4 aromatic rings. The zero-order chi connectivity index (χ0) is 31.8. The minimum Gasteiger partial charge on any atom is -0.545 e. The van der Waals surface area contributed by atoms with Crippen LogP contribution in [0, 0.1) is 0 Å². The van der Waals surface area contributed by atoms with Gasteiger partial charge in [-0.2, -0.15) is 15.0 Å². The molecule has 4 rings (SSSR count). The van der Waals surface area contributed by atoms with Gasteiger partial charge in [-0.05, 0) is 71.8 Å². The molecule has 0 aliphatic carbocycles. The van der Waals surface area contributed by atoms with Crippen LogP contribution >= 0.6 is 0 Å². The number of aromatic nitrogens is 3. The lowest BCUT2D eigenvalue weighted by Gasteiger charge is -2.12. The van der Waals surface area contributed by atoms with Crippen molar-refractivity contribution in [3.63, 3.8) is 0 Å². The number of hydrogen-bond acceptors (Lipinski definition) is 13. The molecule has 1 aromatic heterocycles. The maximum atomic E-state index is 11.1. The zero-order valence-electron chi connectivity index (χ0n) is 22.6. The summed E-state index contributed by atoms with van der Waals surface area (Å²) in [6.07, 6.45) is 1.87. The number of benzene rings is 3. The average Bonchev–Trinajstić information content (AvgIpc) is 2.99. The van der Waals surface area contributed by atoms with Gasteiger partial charge in [0.1, 0.15) is 5.75 Å². The van der Waals surface area contributed by atoms with Gasteiger partial charge in [-0.15, -0.1) is 0 Å². The predicted molar refractivity (Wildman–Crippen MR) is 150 cm³/mol. The molecule has 0 saturated heterocycles. The van der Waals surface area contributed by atoms with Crippen LogP contribution in [0.2, 0.25) is 0 Å². The van der Waals surface area contributed by atoms with Gasteiger partial charge in [0.05, 0.1) is 30.6 Å². The van der Waals surface area contributed by atoms with Crippen molar-refractivity contribution in [2.75, 3.05) is 17.7 Å². The SMILES string of the molecule is COc1ccc(-c2nc(Nc3ccc(C=C(C(=O)[O-])C(=O)[O-])cc3)nc(Nc3ccc(/C=C(/C(=O)[O-])C(=O)O)cc3)n2)cc1. The molecular formula is C30H20N5O9-3. The number of ether oxygens (including phenoxy) is 1. The van der Waals surface area contributed by atoms with Crippen molar-refractivity contribution in [1.29, 1.82) is 0 Å². The second kappa shape index (κ2) is 13.4. The standard InChI is InChI=1S/C30H23N5O9/c1-44-21-12-6-18(7-13-21)24-33-29(31-19-8-2-16(3-9-19)14-22(25(36)37)26(38)39)35-30(34-24)32-20-10-4-17(5-11-20)15-23(27(40)41)28(42)43/h2-15H,1H3,(H,36,37)(H,38,39)(H,40,41)(H,42,43)(H2,31,32,33,34,35)/p-3. The number of hydrogen-bond donors (Lipinski definition) is 3. The van der Waals surface area contributed by atoms with E-state index in [4.69, 9.17) is 9.84 Å². The Hall–Kier alpha value is -6.57. The van der Waals surface area contributed by atoms with Crippen LogP contribution in [-0.2, 0) is 19.2 Å². The molecule has 0 fully saturated rings. The smallest absolute Gasteiger partial charge is 0.337 e. The Labute approximate surface area is 248 Å². The molecule has 1 heterocycles. The Bertz CT molecular complexity index is 1650. The average molecular weight is 595 g/mol. The van der Waals surface area contributed by atoms with Crippen LogP contribution in [0.25, 0.3) is 23.5 Å². The normalized spacial score (nSPS) is 10.8. The van der Waals surface area contributed by atoms with Crippen molar-refractivity contribution < 1.29 is 44.3 Å². The number of rotatable bonds is 12. The summed E-state index contributed by atoms with van der Waals surface area (Å²) < 4.78 is 5.20. The number of carboxylic acid groups (broad SMARTS) is 4. The Kier molecular flexibility index (Phi) is 9.25. The van der Waals surface area contributed by atoms with E-state index in [1.165, 1.54) is 31.4 Å². The Morgan fingerprint density at radius 2 is 1.09 bits per heavy atom. The summed E-state index contributed by atoms with van der Waals surface area (Å²) in [5.74, 6) is -6.08. The van der Waals surface area contributed by atoms with E-state index in [1.54, 1.807) is 48.5 Å². The van der Waals surface area contributed by atoms with E-state index >= 15 is 0 Å². The molecule has 0 spiro atoms. The highest BCUT2D eigenvalue weighted by molar-refractivity contribution is 6.15. The molecule has 0 amide bonds. The molecule has 3 aromatic carbocycles. The first-order valence-corrected chi connectivity index (χ1v) is 12.5. The summed E-state index contributed by atoms with van der Waals surface area (Å²) in [7, 11) is 1.53. The van der Waals surface area contributed by atoms with Gasteiger partial charge in [0, 0.05) is 22.5 Å². The summed E-state index contributed by atoms with van der Waals surface area (Å²) in [6, 6.07) is 19.0. The molecule has 14 heteroatoms. The van der Waals surface area contributed by atoms with Gasteiger partial charge >= 0.3 is 5.97 Å². The maximum Gasteiger partial charge on any atom is 0.337 e. The van der Waals surface area contributed by atoms with Crippen LogP contribution in [0.15, 0.2) is 83.9 Å². The molecular weight excluding hydrogens is 574 g/mol. The van der Waals surface area contributed by atoms with Crippen LogP contribution in [0.3, 0.4) is 0 Å². The fourth-order valence-electron chi connectivity index (χ4n) is 3.68. The quantitative estimate of drug-likeness (QED) is 0.113. The molecule has 0 bridgehead atoms.